The third-order valence-corrected chi connectivity index (χ3v) is 4.20. The van der Waals surface area contributed by atoms with E-state index in [0.29, 0.717) is 6.54 Å². The Morgan fingerprint density at radius 1 is 1.04 bits per heavy atom. The van der Waals surface area contributed by atoms with E-state index < -0.39 is 5.41 Å². The van der Waals surface area contributed by atoms with Crippen LogP contribution in [-0.4, -0.2) is 19.6 Å². The molecule has 122 valence electrons. The van der Waals surface area contributed by atoms with Gasteiger partial charge in [-0.2, -0.15) is 0 Å². The van der Waals surface area contributed by atoms with Crippen molar-refractivity contribution in [2.24, 2.45) is 0 Å². The predicted molar refractivity (Wildman–Crippen MR) is 93.9 cm³/mol. The number of carbonyl (C=O) groups is 1. The Bertz CT molecular complexity index is 642. The van der Waals surface area contributed by atoms with Crippen molar-refractivity contribution in [3.8, 4) is 5.75 Å². The molecule has 2 rings (SSSR count). The van der Waals surface area contributed by atoms with Gasteiger partial charge in [-0.15, -0.1) is 0 Å². The van der Waals surface area contributed by atoms with Crippen LogP contribution >= 0.6 is 0 Å². The predicted octanol–water partition coefficient (Wildman–Crippen LogP) is 3.64. The molecule has 2 aromatic rings. The quantitative estimate of drug-likeness (QED) is 0.884. The van der Waals surface area contributed by atoms with Crippen LogP contribution in [0.5, 0.6) is 5.75 Å². The monoisotopic (exact) mass is 311 g/mol. The number of benzene rings is 2. The zero-order valence-electron chi connectivity index (χ0n) is 14.3. The highest BCUT2D eigenvalue weighted by Gasteiger charge is 2.29. The van der Waals surface area contributed by atoms with Crippen LogP contribution in [0.4, 0.5) is 0 Å². The minimum absolute atomic E-state index is 0.0508. The molecule has 0 aliphatic rings. The molecule has 0 radical (unpaired) electrons. The van der Waals surface area contributed by atoms with Crippen molar-refractivity contribution in [3.05, 3.63) is 65.2 Å². The third kappa shape index (κ3) is 4.35. The summed E-state index contributed by atoms with van der Waals surface area (Å²) in [5, 5.41) is 3.04. The summed E-state index contributed by atoms with van der Waals surface area (Å²) >= 11 is 0. The molecule has 1 N–H and O–H groups in total. The first kappa shape index (κ1) is 17.1. The van der Waals surface area contributed by atoms with Crippen LogP contribution in [0.2, 0.25) is 0 Å². The normalized spacial score (nSPS) is 11.1. The molecule has 3 heteroatoms. The highest BCUT2D eigenvalue weighted by atomic mass is 16.5. The summed E-state index contributed by atoms with van der Waals surface area (Å²) in [5.74, 6) is 0.896. The van der Waals surface area contributed by atoms with E-state index in [-0.39, 0.29) is 5.91 Å². The van der Waals surface area contributed by atoms with E-state index in [0.717, 1.165) is 17.7 Å². The molecular weight excluding hydrogens is 286 g/mol. The van der Waals surface area contributed by atoms with Crippen LogP contribution in [0.3, 0.4) is 0 Å². The van der Waals surface area contributed by atoms with Gasteiger partial charge in [0.2, 0.25) is 5.91 Å². The van der Waals surface area contributed by atoms with Crippen molar-refractivity contribution in [1.82, 2.24) is 5.32 Å². The number of nitrogens with one attached hydrogen (secondary N) is 1. The fraction of sp³-hybridized carbons (Fsp3) is 0.350. The van der Waals surface area contributed by atoms with E-state index >= 15 is 0 Å². The molecule has 2 aromatic carbocycles. The van der Waals surface area contributed by atoms with Crippen LogP contribution in [0.15, 0.2) is 48.5 Å². The zero-order valence-corrected chi connectivity index (χ0v) is 14.3. The van der Waals surface area contributed by atoms with E-state index in [1.807, 2.05) is 69.3 Å². The first-order valence-corrected chi connectivity index (χ1v) is 7.92. The summed E-state index contributed by atoms with van der Waals surface area (Å²) in [6.45, 7) is 6.59. The van der Waals surface area contributed by atoms with Gasteiger partial charge in [-0.3, -0.25) is 4.79 Å². The maximum Gasteiger partial charge on any atom is 0.230 e. The number of hydrogen-bond acceptors (Lipinski definition) is 2. The summed E-state index contributed by atoms with van der Waals surface area (Å²) in [5.41, 5.74) is 2.88. The Balaban J connectivity index is 1.91. The van der Waals surface area contributed by atoms with Crippen molar-refractivity contribution >= 4 is 5.91 Å². The van der Waals surface area contributed by atoms with E-state index in [1.54, 1.807) is 7.11 Å². The second kappa shape index (κ2) is 7.32. The lowest BCUT2D eigenvalue weighted by Crippen LogP contribution is -2.40. The van der Waals surface area contributed by atoms with Gasteiger partial charge in [-0.1, -0.05) is 42.0 Å². The van der Waals surface area contributed by atoms with Crippen LogP contribution in [0, 0.1) is 6.92 Å². The minimum atomic E-state index is -0.534. The summed E-state index contributed by atoms with van der Waals surface area (Å²) in [6.07, 6.45) is 0.805. The number of hydrogen-bond donors (Lipinski definition) is 1. The van der Waals surface area contributed by atoms with Gasteiger partial charge in [-0.05, 0) is 50.5 Å². The van der Waals surface area contributed by atoms with Gasteiger partial charge in [0.15, 0.2) is 0 Å². The lowest BCUT2D eigenvalue weighted by Gasteiger charge is -2.24. The van der Waals surface area contributed by atoms with Crippen molar-refractivity contribution in [2.45, 2.75) is 32.6 Å². The molecule has 0 aliphatic carbocycles. The Kier molecular flexibility index (Phi) is 5.43. The highest BCUT2D eigenvalue weighted by Crippen LogP contribution is 2.23. The smallest absolute Gasteiger partial charge is 0.230 e. The van der Waals surface area contributed by atoms with E-state index in [4.69, 9.17) is 4.74 Å². The highest BCUT2D eigenvalue weighted by molar-refractivity contribution is 5.87. The fourth-order valence-corrected chi connectivity index (χ4v) is 2.43. The third-order valence-electron chi connectivity index (χ3n) is 4.20. The summed E-state index contributed by atoms with van der Waals surface area (Å²) in [4.78, 5) is 12.5. The minimum Gasteiger partial charge on any atom is -0.497 e. The van der Waals surface area contributed by atoms with Gasteiger partial charge in [0.25, 0.3) is 0 Å². The lowest BCUT2D eigenvalue weighted by atomic mass is 9.83. The zero-order chi connectivity index (χ0) is 16.9. The van der Waals surface area contributed by atoms with Crippen molar-refractivity contribution in [2.75, 3.05) is 13.7 Å². The molecular formula is C20H25NO2. The van der Waals surface area contributed by atoms with Gasteiger partial charge in [0.1, 0.15) is 5.75 Å². The van der Waals surface area contributed by atoms with Gasteiger partial charge < -0.3 is 10.1 Å². The SMILES string of the molecule is COc1ccc(CCNC(=O)C(C)(C)c2ccc(C)cc2)cc1. The molecule has 0 fully saturated rings. The number of rotatable bonds is 6. The molecule has 0 aliphatic heterocycles. The Labute approximate surface area is 138 Å². The second-order valence-corrected chi connectivity index (χ2v) is 6.35. The topological polar surface area (TPSA) is 38.3 Å². The molecule has 0 saturated carbocycles. The van der Waals surface area contributed by atoms with Crippen molar-refractivity contribution in [3.63, 3.8) is 0 Å². The molecule has 0 aromatic heterocycles. The van der Waals surface area contributed by atoms with E-state index in [1.165, 1.54) is 11.1 Å². The standard InChI is InChI=1S/C20H25NO2/c1-15-5-9-17(10-6-15)20(2,3)19(22)21-14-13-16-7-11-18(23-4)12-8-16/h5-12H,13-14H2,1-4H3,(H,21,22). The molecule has 23 heavy (non-hydrogen) atoms. The van der Waals surface area contributed by atoms with Crippen LogP contribution in [0.1, 0.15) is 30.5 Å². The van der Waals surface area contributed by atoms with E-state index in [9.17, 15) is 4.79 Å². The first-order valence-electron chi connectivity index (χ1n) is 7.92. The van der Waals surface area contributed by atoms with Gasteiger partial charge >= 0.3 is 0 Å². The number of amides is 1. The van der Waals surface area contributed by atoms with Crippen LogP contribution < -0.4 is 10.1 Å². The number of carbonyl (C=O) groups excluding carboxylic acids is 1. The number of methoxy groups -OCH3 is 1. The van der Waals surface area contributed by atoms with Crippen molar-refractivity contribution < 1.29 is 9.53 Å². The summed E-state index contributed by atoms with van der Waals surface area (Å²) in [7, 11) is 1.66. The molecule has 0 bridgehead atoms. The second-order valence-electron chi connectivity index (χ2n) is 6.35. The largest absolute Gasteiger partial charge is 0.497 e. The number of aryl methyl sites for hydroxylation is 1. The molecule has 1 amide bonds. The summed E-state index contributed by atoms with van der Waals surface area (Å²) < 4.78 is 5.14. The average Bonchev–Trinajstić information content (AvgIpc) is 2.55. The van der Waals surface area contributed by atoms with Gasteiger partial charge in [0.05, 0.1) is 12.5 Å². The molecule has 3 nitrogen and oxygen atoms in total. The lowest BCUT2D eigenvalue weighted by molar-refractivity contribution is -0.125. The Morgan fingerprint density at radius 2 is 1.65 bits per heavy atom. The fourth-order valence-electron chi connectivity index (χ4n) is 2.43. The molecule has 0 saturated heterocycles. The molecule has 0 atom stereocenters. The van der Waals surface area contributed by atoms with Gasteiger partial charge in [0, 0.05) is 6.54 Å². The number of ether oxygens (including phenoxy) is 1. The summed E-state index contributed by atoms with van der Waals surface area (Å²) in [6, 6.07) is 16.1. The Hall–Kier alpha value is -2.29. The molecule has 0 heterocycles. The maximum absolute atomic E-state index is 12.5. The van der Waals surface area contributed by atoms with Gasteiger partial charge in [-0.25, -0.2) is 0 Å². The van der Waals surface area contributed by atoms with Crippen LogP contribution in [-0.2, 0) is 16.6 Å². The average molecular weight is 311 g/mol. The maximum atomic E-state index is 12.5. The van der Waals surface area contributed by atoms with Crippen molar-refractivity contribution in [1.29, 1.82) is 0 Å². The first-order chi connectivity index (χ1) is 10.9. The molecule has 0 unspecified atom stereocenters. The molecule has 0 spiro atoms. The van der Waals surface area contributed by atoms with E-state index in [2.05, 4.69) is 5.32 Å². The van der Waals surface area contributed by atoms with Crippen LogP contribution in [0.25, 0.3) is 0 Å². The Morgan fingerprint density at radius 3 is 2.22 bits per heavy atom.